The van der Waals surface area contributed by atoms with Crippen LogP contribution in [0.3, 0.4) is 0 Å². The molecule has 0 spiro atoms. The van der Waals surface area contributed by atoms with Crippen molar-refractivity contribution >= 4 is 34.7 Å². The molecule has 0 radical (unpaired) electrons. The first-order valence-corrected chi connectivity index (χ1v) is 8.98. The molecule has 3 aromatic rings. The molecule has 0 fully saturated rings. The summed E-state index contributed by atoms with van der Waals surface area (Å²) in [5.74, 6) is 1.43. The van der Waals surface area contributed by atoms with Crippen molar-refractivity contribution < 1.29 is 14.3 Å². The zero-order valence-corrected chi connectivity index (χ0v) is 16.3. The molecule has 0 saturated heterocycles. The molecule has 0 unspecified atom stereocenters. The molecule has 2 aromatic carbocycles. The lowest BCUT2D eigenvalue weighted by atomic mass is 10.2. The van der Waals surface area contributed by atoms with E-state index in [1.807, 2.05) is 37.3 Å². The molecule has 0 atom stereocenters. The second kappa shape index (κ2) is 9.10. The van der Waals surface area contributed by atoms with E-state index in [2.05, 4.69) is 15.6 Å². The molecule has 144 valence electrons. The van der Waals surface area contributed by atoms with Crippen molar-refractivity contribution in [3.8, 4) is 11.5 Å². The molecule has 1 heterocycles. The molecular weight excluding hydrogens is 378 g/mol. The second-order valence-electron chi connectivity index (χ2n) is 6.01. The highest BCUT2D eigenvalue weighted by Crippen LogP contribution is 2.26. The summed E-state index contributed by atoms with van der Waals surface area (Å²) in [5, 5.41) is 6.59. The van der Waals surface area contributed by atoms with Crippen LogP contribution >= 0.6 is 11.6 Å². The van der Waals surface area contributed by atoms with E-state index in [0.29, 0.717) is 28.0 Å². The van der Waals surface area contributed by atoms with Crippen LogP contribution in [0.25, 0.3) is 0 Å². The molecular formula is C21H20ClN3O3. The lowest BCUT2D eigenvalue weighted by Crippen LogP contribution is -2.20. The van der Waals surface area contributed by atoms with Crippen LogP contribution < -0.4 is 20.1 Å². The molecule has 1 aromatic heterocycles. The Kier molecular flexibility index (Phi) is 6.34. The lowest BCUT2D eigenvalue weighted by molar-refractivity contribution is -0.118. The Morgan fingerprint density at radius 2 is 1.82 bits per heavy atom. The number of nitrogens with zero attached hydrogens (tertiary/aromatic N) is 1. The minimum Gasteiger partial charge on any atom is -0.493 e. The third-order valence-electron chi connectivity index (χ3n) is 3.92. The van der Waals surface area contributed by atoms with E-state index < -0.39 is 0 Å². The van der Waals surface area contributed by atoms with Crippen LogP contribution in [0.5, 0.6) is 11.5 Å². The first kappa shape index (κ1) is 19.5. The van der Waals surface area contributed by atoms with Crippen LogP contribution in [0.15, 0.2) is 60.8 Å². The molecule has 0 aliphatic rings. The van der Waals surface area contributed by atoms with Crippen molar-refractivity contribution in [3.63, 3.8) is 0 Å². The number of para-hydroxylation sites is 2. The highest BCUT2D eigenvalue weighted by atomic mass is 35.5. The van der Waals surface area contributed by atoms with Crippen molar-refractivity contribution in [3.05, 3.63) is 71.4 Å². The Morgan fingerprint density at radius 3 is 2.50 bits per heavy atom. The monoisotopic (exact) mass is 397 g/mol. The van der Waals surface area contributed by atoms with Gasteiger partial charge in [-0.2, -0.15) is 0 Å². The van der Waals surface area contributed by atoms with Crippen molar-refractivity contribution in [2.45, 2.75) is 6.92 Å². The maximum atomic E-state index is 12.1. The summed E-state index contributed by atoms with van der Waals surface area (Å²) >= 11 is 6.13. The first-order valence-electron chi connectivity index (χ1n) is 8.60. The summed E-state index contributed by atoms with van der Waals surface area (Å²) in [6.45, 7) is 1.81. The van der Waals surface area contributed by atoms with Gasteiger partial charge in [-0.15, -0.1) is 0 Å². The fraction of sp³-hybridized carbons (Fsp3) is 0.143. The van der Waals surface area contributed by atoms with E-state index in [-0.39, 0.29) is 12.5 Å². The summed E-state index contributed by atoms with van der Waals surface area (Å²) in [5.41, 5.74) is 2.42. The number of pyridine rings is 1. The molecule has 3 rings (SSSR count). The zero-order valence-electron chi connectivity index (χ0n) is 15.5. The Hall–Kier alpha value is -3.25. The normalized spacial score (nSPS) is 10.2. The van der Waals surface area contributed by atoms with Crippen molar-refractivity contribution in [1.82, 2.24) is 4.98 Å². The number of amides is 1. The number of rotatable bonds is 7. The third kappa shape index (κ3) is 5.14. The van der Waals surface area contributed by atoms with Crippen LogP contribution in [0.2, 0.25) is 5.02 Å². The number of aromatic nitrogens is 1. The van der Waals surface area contributed by atoms with Gasteiger partial charge in [0.25, 0.3) is 5.91 Å². The van der Waals surface area contributed by atoms with Crippen LogP contribution in [0, 0.1) is 6.92 Å². The minimum atomic E-state index is -0.293. The number of anilines is 3. The number of ether oxygens (including phenoxy) is 2. The van der Waals surface area contributed by atoms with Gasteiger partial charge in [0.05, 0.1) is 19.0 Å². The van der Waals surface area contributed by atoms with Crippen LogP contribution in [0.1, 0.15) is 5.56 Å². The Bertz CT molecular complexity index is 961. The Morgan fingerprint density at radius 1 is 1.07 bits per heavy atom. The number of halogens is 1. The molecule has 28 heavy (non-hydrogen) atoms. The van der Waals surface area contributed by atoms with Gasteiger partial charge in [0.1, 0.15) is 5.82 Å². The zero-order chi connectivity index (χ0) is 19.9. The summed E-state index contributed by atoms with van der Waals surface area (Å²) in [6.07, 6.45) is 1.57. The van der Waals surface area contributed by atoms with Crippen LogP contribution in [-0.2, 0) is 4.79 Å². The summed E-state index contributed by atoms with van der Waals surface area (Å²) in [7, 11) is 1.55. The molecule has 7 heteroatoms. The van der Waals surface area contributed by atoms with Gasteiger partial charge >= 0.3 is 0 Å². The molecule has 0 aliphatic heterocycles. The van der Waals surface area contributed by atoms with E-state index in [4.69, 9.17) is 21.1 Å². The van der Waals surface area contributed by atoms with Crippen LogP contribution in [-0.4, -0.2) is 24.6 Å². The van der Waals surface area contributed by atoms with Gasteiger partial charge < -0.3 is 20.1 Å². The van der Waals surface area contributed by atoms with Gasteiger partial charge in [0.2, 0.25) is 0 Å². The van der Waals surface area contributed by atoms with Gasteiger partial charge in [-0.3, -0.25) is 4.79 Å². The topological polar surface area (TPSA) is 72.5 Å². The van der Waals surface area contributed by atoms with Gasteiger partial charge in [0, 0.05) is 10.7 Å². The first-order chi connectivity index (χ1) is 13.5. The largest absolute Gasteiger partial charge is 0.493 e. The maximum Gasteiger partial charge on any atom is 0.262 e. The van der Waals surface area contributed by atoms with E-state index in [9.17, 15) is 4.79 Å². The lowest BCUT2D eigenvalue weighted by Gasteiger charge is -2.11. The summed E-state index contributed by atoms with van der Waals surface area (Å²) < 4.78 is 10.7. The minimum absolute atomic E-state index is 0.137. The number of hydrogen-bond donors (Lipinski definition) is 2. The van der Waals surface area contributed by atoms with Gasteiger partial charge in [-0.1, -0.05) is 29.8 Å². The predicted molar refractivity (Wildman–Crippen MR) is 111 cm³/mol. The van der Waals surface area contributed by atoms with Crippen molar-refractivity contribution in [2.75, 3.05) is 24.4 Å². The average molecular weight is 398 g/mol. The Labute approximate surface area is 168 Å². The molecule has 0 saturated carbocycles. The van der Waals surface area contributed by atoms with Gasteiger partial charge in [-0.05, 0) is 48.9 Å². The third-order valence-corrected chi connectivity index (χ3v) is 4.33. The number of nitrogens with one attached hydrogen (secondary N) is 2. The van der Waals surface area contributed by atoms with Crippen molar-refractivity contribution in [2.24, 2.45) is 0 Å². The van der Waals surface area contributed by atoms with E-state index in [0.717, 1.165) is 11.3 Å². The predicted octanol–water partition coefficient (Wildman–Crippen LogP) is 4.81. The molecule has 1 amide bonds. The second-order valence-corrected chi connectivity index (χ2v) is 6.42. The quantitative estimate of drug-likeness (QED) is 0.598. The fourth-order valence-corrected chi connectivity index (χ4v) is 2.62. The number of benzene rings is 2. The van der Waals surface area contributed by atoms with Crippen molar-refractivity contribution in [1.29, 1.82) is 0 Å². The summed E-state index contributed by atoms with van der Waals surface area (Å²) in [6, 6.07) is 16.4. The molecule has 2 N–H and O–H groups in total. The van der Waals surface area contributed by atoms with E-state index in [1.54, 1.807) is 37.6 Å². The number of aryl methyl sites for hydroxylation is 1. The highest BCUT2D eigenvalue weighted by molar-refractivity contribution is 6.31. The van der Waals surface area contributed by atoms with Crippen LogP contribution in [0.4, 0.5) is 17.2 Å². The highest BCUT2D eigenvalue weighted by Gasteiger charge is 2.08. The molecule has 0 bridgehead atoms. The Balaban J connectivity index is 1.54. The van der Waals surface area contributed by atoms with Gasteiger partial charge in [-0.25, -0.2) is 4.98 Å². The number of hydrogen-bond acceptors (Lipinski definition) is 5. The van der Waals surface area contributed by atoms with E-state index >= 15 is 0 Å². The maximum absolute atomic E-state index is 12.1. The average Bonchev–Trinajstić information content (AvgIpc) is 2.71. The van der Waals surface area contributed by atoms with E-state index in [1.165, 1.54) is 0 Å². The number of carbonyl (C=O) groups excluding carboxylic acids is 1. The number of carbonyl (C=O) groups is 1. The SMILES string of the molecule is COc1ccccc1OCC(=O)Nc1ccc(Nc2ccc(C)c(Cl)c2)nc1. The number of methoxy groups -OCH3 is 1. The molecule has 0 aliphatic carbocycles. The summed E-state index contributed by atoms with van der Waals surface area (Å²) in [4.78, 5) is 16.4. The molecule has 6 nitrogen and oxygen atoms in total. The smallest absolute Gasteiger partial charge is 0.262 e. The fourth-order valence-electron chi connectivity index (χ4n) is 2.44. The van der Waals surface area contributed by atoms with Gasteiger partial charge in [0.15, 0.2) is 18.1 Å². The standard InChI is InChI=1S/C21H20ClN3O3/c1-14-7-8-15(11-17(14)22)24-20-10-9-16(12-23-20)25-21(26)13-28-19-6-4-3-5-18(19)27-2/h3-12H,13H2,1-2H3,(H,23,24)(H,25,26).